The minimum atomic E-state index is 0.740. The zero-order valence-corrected chi connectivity index (χ0v) is 20.1. The highest BCUT2D eigenvalue weighted by molar-refractivity contribution is 5.75. The van der Waals surface area contributed by atoms with E-state index in [1.165, 1.54) is 57.8 Å². The number of nitrogens with zero attached hydrogens (tertiary/aromatic N) is 1. The molecule has 2 rings (SSSR count). The SMILES string of the molecule is CCCCCCCCOc1cnccc1-c1ccccc1OCCCCCC(C)CC. The van der Waals surface area contributed by atoms with Crippen molar-refractivity contribution in [1.29, 1.82) is 0 Å². The molecule has 0 fully saturated rings. The maximum Gasteiger partial charge on any atom is 0.145 e. The first-order valence-corrected chi connectivity index (χ1v) is 12.5. The number of hydrogen-bond acceptors (Lipinski definition) is 3. The molecule has 172 valence electrons. The number of aromatic nitrogens is 1. The third-order valence-corrected chi connectivity index (χ3v) is 6.01. The van der Waals surface area contributed by atoms with Gasteiger partial charge in [0.05, 0.1) is 19.4 Å². The van der Waals surface area contributed by atoms with Crippen molar-refractivity contribution in [3.05, 3.63) is 42.7 Å². The molecular formula is C28H43NO2. The predicted octanol–water partition coefficient (Wildman–Crippen LogP) is 8.47. The molecule has 1 aromatic heterocycles. The van der Waals surface area contributed by atoms with Crippen LogP contribution >= 0.6 is 0 Å². The Morgan fingerprint density at radius 2 is 1.39 bits per heavy atom. The molecule has 3 heteroatoms. The van der Waals surface area contributed by atoms with Crippen LogP contribution in [0, 0.1) is 5.92 Å². The lowest BCUT2D eigenvalue weighted by Gasteiger charge is -2.15. The van der Waals surface area contributed by atoms with Gasteiger partial charge in [-0.25, -0.2) is 0 Å². The van der Waals surface area contributed by atoms with E-state index in [1.54, 1.807) is 0 Å². The molecule has 1 unspecified atom stereocenters. The molecular weight excluding hydrogens is 382 g/mol. The normalized spacial score (nSPS) is 12.0. The smallest absolute Gasteiger partial charge is 0.145 e. The van der Waals surface area contributed by atoms with Gasteiger partial charge in [-0.3, -0.25) is 4.98 Å². The van der Waals surface area contributed by atoms with Gasteiger partial charge in [-0.15, -0.1) is 0 Å². The van der Waals surface area contributed by atoms with E-state index < -0.39 is 0 Å². The molecule has 31 heavy (non-hydrogen) atoms. The molecule has 2 aromatic rings. The van der Waals surface area contributed by atoms with Gasteiger partial charge in [0.1, 0.15) is 11.5 Å². The molecule has 1 atom stereocenters. The van der Waals surface area contributed by atoms with E-state index >= 15 is 0 Å². The van der Waals surface area contributed by atoms with Gasteiger partial charge in [0.25, 0.3) is 0 Å². The van der Waals surface area contributed by atoms with E-state index in [-0.39, 0.29) is 0 Å². The highest BCUT2D eigenvalue weighted by atomic mass is 16.5. The number of unbranched alkanes of at least 4 members (excludes halogenated alkanes) is 7. The van der Waals surface area contributed by atoms with Gasteiger partial charge < -0.3 is 9.47 Å². The maximum atomic E-state index is 6.18. The summed E-state index contributed by atoms with van der Waals surface area (Å²) in [5.41, 5.74) is 2.15. The summed E-state index contributed by atoms with van der Waals surface area (Å²) in [6, 6.07) is 10.3. The van der Waals surface area contributed by atoms with Gasteiger partial charge in [-0.1, -0.05) is 96.8 Å². The third kappa shape index (κ3) is 9.76. The van der Waals surface area contributed by atoms with Crippen molar-refractivity contribution >= 4 is 0 Å². The van der Waals surface area contributed by atoms with Crippen molar-refractivity contribution in [3.63, 3.8) is 0 Å². The second-order valence-corrected chi connectivity index (χ2v) is 8.70. The molecule has 0 aliphatic rings. The van der Waals surface area contributed by atoms with E-state index in [0.717, 1.165) is 54.6 Å². The van der Waals surface area contributed by atoms with Crippen LogP contribution in [0.5, 0.6) is 11.5 Å². The van der Waals surface area contributed by atoms with Crippen LogP contribution in [-0.4, -0.2) is 18.2 Å². The number of para-hydroxylation sites is 1. The molecule has 0 aliphatic heterocycles. The van der Waals surface area contributed by atoms with Crippen LogP contribution in [0.1, 0.15) is 91.4 Å². The Morgan fingerprint density at radius 3 is 2.16 bits per heavy atom. The fraction of sp³-hybridized carbons (Fsp3) is 0.607. The minimum Gasteiger partial charge on any atom is -0.493 e. The molecule has 0 spiro atoms. The summed E-state index contributed by atoms with van der Waals surface area (Å²) in [4.78, 5) is 4.29. The van der Waals surface area contributed by atoms with Gasteiger partial charge in [-0.05, 0) is 30.9 Å². The van der Waals surface area contributed by atoms with E-state index in [2.05, 4.69) is 44.0 Å². The van der Waals surface area contributed by atoms with E-state index in [9.17, 15) is 0 Å². The van der Waals surface area contributed by atoms with Crippen LogP contribution in [0.25, 0.3) is 11.1 Å². The number of hydrogen-bond donors (Lipinski definition) is 0. The summed E-state index contributed by atoms with van der Waals surface area (Å²) >= 11 is 0. The van der Waals surface area contributed by atoms with E-state index in [4.69, 9.17) is 9.47 Å². The lowest BCUT2D eigenvalue weighted by Crippen LogP contribution is -2.02. The van der Waals surface area contributed by atoms with Crippen LogP contribution in [0.3, 0.4) is 0 Å². The average Bonchev–Trinajstić information content (AvgIpc) is 2.81. The van der Waals surface area contributed by atoms with Crippen molar-refractivity contribution < 1.29 is 9.47 Å². The van der Waals surface area contributed by atoms with Crippen LogP contribution in [0.2, 0.25) is 0 Å². The molecule has 1 heterocycles. The molecule has 0 N–H and O–H groups in total. The number of benzene rings is 1. The first kappa shape index (κ1) is 25.2. The molecule has 3 nitrogen and oxygen atoms in total. The molecule has 0 saturated heterocycles. The van der Waals surface area contributed by atoms with E-state index in [1.807, 2.05) is 24.5 Å². The van der Waals surface area contributed by atoms with Gasteiger partial charge in [0.2, 0.25) is 0 Å². The van der Waals surface area contributed by atoms with Crippen LogP contribution in [-0.2, 0) is 0 Å². The molecule has 1 aromatic carbocycles. The van der Waals surface area contributed by atoms with Crippen molar-refractivity contribution in [2.75, 3.05) is 13.2 Å². The summed E-state index contributed by atoms with van der Waals surface area (Å²) in [7, 11) is 0. The first-order chi connectivity index (χ1) is 15.3. The van der Waals surface area contributed by atoms with Crippen LogP contribution in [0.15, 0.2) is 42.7 Å². The quantitative estimate of drug-likeness (QED) is 0.238. The number of pyridine rings is 1. The standard InChI is InChI=1S/C28H43NO2/c1-4-6-7-8-9-14-22-31-28-23-29-20-19-26(28)25-17-12-13-18-27(25)30-21-15-10-11-16-24(3)5-2/h12-13,17-20,23-24H,4-11,14-16,21-22H2,1-3H3. The maximum absolute atomic E-state index is 6.18. The van der Waals surface area contributed by atoms with Crippen molar-refractivity contribution in [1.82, 2.24) is 4.98 Å². The molecule has 0 amide bonds. The highest BCUT2D eigenvalue weighted by Gasteiger charge is 2.12. The zero-order chi connectivity index (χ0) is 22.2. The fourth-order valence-corrected chi connectivity index (χ4v) is 3.75. The molecule has 0 radical (unpaired) electrons. The van der Waals surface area contributed by atoms with Gasteiger partial charge in [0, 0.05) is 17.3 Å². The summed E-state index contributed by atoms with van der Waals surface area (Å²) in [6.45, 7) is 8.37. The Morgan fingerprint density at radius 1 is 0.742 bits per heavy atom. The summed E-state index contributed by atoms with van der Waals surface area (Å²) < 4.78 is 12.3. The van der Waals surface area contributed by atoms with Crippen molar-refractivity contribution in [2.24, 2.45) is 5.92 Å². The highest BCUT2D eigenvalue weighted by Crippen LogP contribution is 2.36. The fourth-order valence-electron chi connectivity index (χ4n) is 3.75. The first-order valence-electron chi connectivity index (χ1n) is 12.5. The lowest BCUT2D eigenvalue weighted by molar-refractivity contribution is 0.299. The minimum absolute atomic E-state index is 0.740. The monoisotopic (exact) mass is 425 g/mol. The zero-order valence-electron chi connectivity index (χ0n) is 20.1. The van der Waals surface area contributed by atoms with Gasteiger partial charge in [0.15, 0.2) is 0 Å². The Bertz CT molecular complexity index is 716. The average molecular weight is 426 g/mol. The Hall–Kier alpha value is -2.03. The third-order valence-electron chi connectivity index (χ3n) is 6.01. The Kier molecular flexibility index (Phi) is 12.8. The van der Waals surface area contributed by atoms with Gasteiger partial charge >= 0.3 is 0 Å². The van der Waals surface area contributed by atoms with Crippen molar-refractivity contribution in [2.45, 2.75) is 91.4 Å². The largest absolute Gasteiger partial charge is 0.493 e. The van der Waals surface area contributed by atoms with Crippen LogP contribution < -0.4 is 9.47 Å². The van der Waals surface area contributed by atoms with Crippen LogP contribution in [0.4, 0.5) is 0 Å². The molecule has 0 bridgehead atoms. The molecule has 0 aliphatic carbocycles. The lowest BCUT2D eigenvalue weighted by atomic mass is 10.0. The Balaban J connectivity index is 1.87. The van der Waals surface area contributed by atoms with E-state index in [0.29, 0.717) is 0 Å². The molecule has 0 saturated carbocycles. The number of ether oxygens (including phenoxy) is 2. The Labute approximate surface area is 190 Å². The van der Waals surface area contributed by atoms with Gasteiger partial charge in [-0.2, -0.15) is 0 Å². The summed E-state index contributed by atoms with van der Waals surface area (Å²) in [5.74, 6) is 2.61. The topological polar surface area (TPSA) is 31.4 Å². The predicted molar refractivity (Wildman–Crippen MR) is 132 cm³/mol. The number of rotatable bonds is 17. The second kappa shape index (κ2) is 15.7. The summed E-state index contributed by atoms with van der Waals surface area (Å²) in [6.07, 6.45) is 17.5. The second-order valence-electron chi connectivity index (χ2n) is 8.70. The summed E-state index contributed by atoms with van der Waals surface area (Å²) in [5, 5.41) is 0. The van der Waals surface area contributed by atoms with Crippen molar-refractivity contribution in [3.8, 4) is 22.6 Å².